The lowest BCUT2D eigenvalue weighted by Gasteiger charge is -2.58. The van der Waals surface area contributed by atoms with Crippen molar-refractivity contribution in [2.75, 3.05) is 26.3 Å². The van der Waals surface area contributed by atoms with E-state index in [1.165, 1.54) is 64.2 Å². The van der Waals surface area contributed by atoms with E-state index in [-0.39, 0.29) is 6.10 Å². The lowest BCUT2D eigenvalue weighted by Crippen LogP contribution is -2.50. The van der Waals surface area contributed by atoms with Crippen molar-refractivity contribution in [1.82, 2.24) is 0 Å². The number of hydrogen-bond acceptors (Lipinski definition) is 6. The molecule has 4 aromatic carbocycles. The molecule has 8 rings (SSSR count). The van der Waals surface area contributed by atoms with Crippen LogP contribution in [0.15, 0.2) is 115 Å². The van der Waals surface area contributed by atoms with Gasteiger partial charge in [0.25, 0.3) is 0 Å². The fraction of sp³-hybridized carbons (Fsp3) is 0.536. The standard InChI is InChI=1S/C56H73NO5/c1-39(2)12-10-11-13-41-23-31-51-50-30-22-45-38-49(32-35-55(45,4)52(50)33-36-54(41,51)3)62-57-46-24-16-40(17-25-46)53(58)34-37-61-56(42-14-8-7-9-15-42,43-18-26-47(59-5)27-19-43)44-20-28-48(60-6)29-21-44/h7-9,14-22,24-29,39,41,49-53,57-58H,10-13,23,30-38H2,1-6H3. The summed E-state index contributed by atoms with van der Waals surface area (Å²) in [7, 11) is 3.35. The number of allylic oxidation sites excluding steroid dienone is 1. The number of fused-ring (bicyclic) bond motifs is 5. The third kappa shape index (κ3) is 8.99. The molecule has 4 aliphatic carbocycles. The molecular weight excluding hydrogens is 767 g/mol. The van der Waals surface area contributed by atoms with Gasteiger partial charge < -0.3 is 19.3 Å². The predicted molar refractivity (Wildman–Crippen MR) is 251 cm³/mol. The minimum absolute atomic E-state index is 0.158. The Morgan fingerprint density at radius 1 is 0.726 bits per heavy atom. The summed E-state index contributed by atoms with van der Waals surface area (Å²) in [6, 6.07) is 34.4. The van der Waals surface area contributed by atoms with Crippen LogP contribution < -0.4 is 15.0 Å². The number of aliphatic hydroxyl groups excluding tert-OH is 1. The first-order valence-electron chi connectivity index (χ1n) is 23.9. The molecule has 6 nitrogen and oxygen atoms in total. The molecule has 0 aromatic heterocycles. The number of nitrogens with one attached hydrogen (secondary N) is 1. The van der Waals surface area contributed by atoms with E-state index >= 15 is 0 Å². The maximum Gasteiger partial charge on any atom is 0.143 e. The zero-order valence-corrected chi connectivity index (χ0v) is 38.4. The molecule has 0 bridgehead atoms. The SMILES string of the molecule is COc1ccc(C(OCCC(O)c2ccc(NOC3CCC4(C)C(=CCC5C4CCC4(C)C(CCCCC(C)C)CCC54)C3)cc2)(c2ccccc2)c2ccc(OC)cc2)cc1. The van der Waals surface area contributed by atoms with Crippen LogP contribution in [0.4, 0.5) is 5.69 Å². The molecular formula is C56H73NO5. The Morgan fingerprint density at radius 3 is 2.03 bits per heavy atom. The fourth-order valence-electron chi connectivity index (χ4n) is 12.7. The quantitative estimate of drug-likeness (QED) is 0.0450. The predicted octanol–water partition coefficient (Wildman–Crippen LogP) is 13.6. The van der Waals surface area contributed by atoms with Gasteiger partial charge in [0.1, 0.15) is 17.1 Å². The van der Waals surface area contributed by atoms with Crippen LogP contribution in [0.2, 0.25) is 0 Å². The number of anilines is 1. The molecule has 0 spiro atoms. The molecule has 3 fully saturated rings. The van der Waals surface area contributed by atoms with Crippen LogP contribution in [0.3, 0.4) is 0 Å². The Bertz CT molecular complexity index is 2010. The van der Waals surface area contributed by atoms with Gasteiger partial charge in [-0.15, -0.1) is 0 Å². The molecule has 4 aliphatic rings. The van der Waals surface area contributed by atoms with Crippen molar-refractivity contribution in [2.24, 2.45) is 40.4 Å². The summed E-state index contributed by atoms with van der Waals surface area (Å²) < 4.78 is 18.0. The van der Waals surface area contributed by atoms with Crippen molar-refractivity contribution in [1.29, 1.82) is 0 Å². The zero-order valence-electron chi connectivity index (χ0n) is 38.4. The Balaban J connectivity index is 0.871. The van der Waals surface area contributed by atoms with Crippen LogP contribution in [-0.4, -0.2) is 32.0 Å². The highest BCUT2D eigenvalue weighted by Crippen LogP contribution is 2.67. The Labute approximate surface area is 372 Å². The van der Waals surface area contributed by atoms with Gasteiger partial charge in [0.2, 0.25) is 0 Å². The largest absolute Gasteiger partial charge is 0.497 e. The van der Waals surface area contributed by atoms with E-state index in [1.807, 2.05) is 66.7 Å². The van der Waals surface area contributed by atoms with Gasteiger partial charge in [0.15, 0.2) is 0 Å². The van der Waals surface area contributed by atoms with E-state index in [4.69, 9.17) is 19.0 Å². The summed E-state index contributed by atoms with van der Waals surface area (Å²) in [5.74, 6) is 5.88. The van der Waals surface area contributed by atoms with Gasteiger partial charge in [-0.2, -0.15) is 0 Å². The van der Waals surface area contributed by atoms with Gasteiger partial charge in [-0.05, 0) is 157 Å². The van der Waals surface area contributed by atoms with E-state index in [9.17, 15) is 5.11 Å². The molecule has 0 saturated heterocycles. The molecule has 8 atom stereocenters. The number of unbranched alkanes of at least 4 members (excludes halogenated alkanes) is 1. The summed E-state index contributed by atoms with van der Waals surface area (Å²) in [4.78, 5) is 6.43. The van der Waals surface area contributed by atoms with Crippen LogP contribution in [-0.2, 0) is 15.2 Å². The third-order valence-electron chi connectivity index (χ3n) is 16.4. The summed E-state index contributed by atoms with van der Waals surface area (Å²) >= 11 is 0. The molecule has 0 radical (unpaired) electrons. The summed E-state index contributed by atoms with van der Waals surface area (Å²) in [5.41, 5.74) is 9.55. The first-order valence-corrected chi connectivity index (χ1v) is 23.9. The van der Waals surface area contributed by atoms with Gasteiger partial charge in [0, 0.05) is 6.42 Å². The van der Waals surface area contributed by atoms with Crippen molar-refractivity contribution < 1.29 is 24.2 Å². The van der Waals surface area contributed by atoms with Crippen molar-refractivity contribution >= 4 is 5.69 Å². The first kappa shape index (κ1) is 44.5. The summed E-state index contributed by atoms with van der Waals surface area (Å²) in [6.45, 7) is 10.4. The molecule has 6 heteroatoms. The van der Waals surface area contributed by atoms with Crippen LogP contribution in [0.25, 0.3) is 0 Å². The van der Waals surface area contributed by atoms with E-state index in [0.29, 0.717) is 23.9 Å². The average molecular weight is 840 g/mol. The van der Waals surface area contributed by atoms with E-state index < -0.39 is 11.7 Å². The second-order valence-corrected chi connectivity index (χ2v) is 20.1. The normalized spacial score (nSPS) is 27.4. The minimum atomic E-state index is -0.930. The molecule has 0 amide bonds. The van der Waals surface area contributed by atoms with Crippen molar-refractivity contribution in [3.63, 3.8) is 0 Å². The fourth-order valence-corrected chi connectivity index (χ4v) is 12.7. The lowest BCUT2D eigenvalue weighted by molar-refractivity contribution is -0.0544. The van der Waals surface area contributed by atoms with E-state index in [2.05, 4.69) is 75.6 Å². The lowest BCUT2D eigenvalue weighted by atomic mass is 9.47. The van der Waals surface area contributed by atoms with E-state index in [0.717, 1.165) is 81.9 Å². The van der Waals surface area contributed by atoms with E-state index in [1.54, 1.807) is 19.8 Å². The number of aliphatic hydroxyl groups is 1. The number of ether oxygens (including phenoxy) is 3. The Kier molecular flexibility index (Phi) is 13.9. The van der Waals surface area contributed by atoms with Gasteiger partial charge in [-0.25, -0.2) is 0 Å². The van der Waals surface area contributed by atoms with Crippen LogP contribution in [0.5, 0.6) is 11.5 Å². The molecule has 62 heavy (non-hydrogen) atoms. The average Bonchev–Trinajstić information content (AvgIpc) is 3.64. The van der Waals surface area contributed by atoms with Gasteiger partial charge in [-0.1, -0.05) is 125 Å². The second kappa shape index (κ2) is 19.3. The summed E-state index contributed by atoms with van der Waals surface area (Å²) in [5, 5.41) is 11.5. The summed E-state index contributed by atoms with van der Waals surface area (Å²) in [6.07, 6.45) is 18.5. The first-order chi connectivity index (χ1) is 30.1. The molecule has 332 valence electrons. The number of rotatable bonds is 18. The monoisotopic (exact) mass is 840 g/mol. The molecule has 3 saturated carbocycles. The zero-order chi connectivity index (χ0) is 43.3. The highest BCUT2D eigenvalue weighted by Gasteiger charge is 2.58. The molecule has 0 heterocycles. The maximum atomic E-state index is 11.5. The highest BCUT2D eigenvalue weighted by atomic mass is 16.7. The van der Waals surface area contributed by atoms with Crippen LogP contribution in [0.1, 0.15) is 140 Å². The Hall–Kier alpha value is -4.10. The van der Waals surface area contributed by atoms with Crippen molar-refractivity contribution in [3.05, 3.63) is 137 Å². The van der Waals surface area contributed by atoms with Crippen LogP contribution >= 0.6 is 0 Å². The topological polar surface area (TPSA) is 69.2 Å². The molecule has 8 unspecified atom stereocenters. The number of benzene rings is 4. The third-order valence-corrected chi connectivity index (χ3v) is 16.4. The van der Waals surface area contributed by atoms with Crippen LogP contribution in [0, 0.1) is 40.4 Å². The molecule has 4 aromatic rings. The smallest absolute Gasteiger partial charge is 0.143 e. The molecule has 2 N–H and O–H groups in total. The van der Waals surface area contributed by atoms with Gasteiger partial charge in [-0.3, -0.25) is 10.3 Å². The second-order valence-electron chi connectivity index (χ2n) is 20.1. The number of hydrogen-bond donors (Lipinski definition) is 2. The highest BCUT2D eigenvalue weighted by molar-refractivity contribution is 5.50. The van der Waals surface area contributed by atoms with Crippen molar-refractivity contribution in [3.8, 4) is 11.5 Å². The maximum absolute atomic E-state index is 11.5. The van der Waals surface area contributed by atoms with Gasteiger partial charge in [0.05, 0.1) is 38.7 Å². The van der Waals surface area contributed by atoms with Gasteiger partial charge >= 0.3 is 0 Å². The minimum Gasteiger partial charge on any atom is -0.497 e. The molecule has 0 aliphatic heterocycles. The Morgan fingerprint density at radius 2 is 1.39 bits per heavy atom. The number of methoxy groups -OCH3 is 2. The van der Waals surface area contributed by atoms with Crippen molar-refractivity contribution in [2.45, 2.75) is 129 Å².